The monoisotopic (exact) mass is 159 g/mol. The molecule has 0 amide bonds. The number of aromatic amines is 1. The van der Waals surface area contributed by atoms with Gasteiger partial charge in [0.05, 0.1) is 0 Å². The number of hydrogen-bond acceptors (Lipinski definition) is 3. The van der Waals surface area contributed by atoms with Gasteiger partial charge in [-0.25, -0.2) is 19.6 Å². The zero-order valence-electron chi connectivity index (χ0n) is 6.10. The van der Waals surface area contributed by atoms with Crippen molar-refractivity contribution < 1.29 is 0 Å². The summed E-state index contributed by atoms with van der Waals surface area (Å²) in [6.07, 6.45) is 6.91. The molecular formula is C7H5N5. The van der Waals surface area contributed by atoms with Crippen LogP contribution in [0.1, 0.15) is 5.82 Å². The van der Waals surface area contributed by atoms with Gasteiger partial charge < -0.3 is 0 Å². The predicted octanol–water partition coefficient (Wildman–Crippen LogP) is 0.572. The molecule has 0 unspecified atom stereocenters. The van der Waals surface area contributed by atoms with Crippen LogP contribution in [0.2, 0.25) is 0 Å². The van der Waals surface area contributed by atoms with Crippen LogP contribution in [0.3, 0.4) is 0 Å². The Hall–Kier alpha value is -1.91. The van der Waals surface area contributed by atoms with Crippen LogP contribution in [0.15, 0.2) is 17.4 Å². The number of fused-ring (bicyclic) bond motifs is 1. The van der Waals surface area contributed by atoms with Crippen molar-refractivity contribution in [2.75, 3.05) is 0 Å². The summed E-state index contributed by atoms with van der Waals surface area (Å²) < 4.78 is 1.73. The van der Waals surface area contributed by atoms with Gasteiger partial charge in [-0.3, -0.25) is 5.10 Å². The molecule has 0 atom stereocenters. The number of aliphatic imine (C=N–C) groups is 1. The minimum absolute atomic E-state index is 0.708. The lowest BCUT2D eigenvalue weighted by Gasteiger charge is -1.93. The summed E-state index contributed by atoms with van der Waals surface area (Å²) >= 11 is 0. The average molecular weight is 159 g/mol. The third-order valence-corrected chi connectivity index (χ3v) is 1.74. The smallest absolute Gasteiger partial charge is 0.182 e. The van der Waals surface area contributed by atoms with E-state index >= 15 is 0 Å². The first-order valence-electron chi connectivity index (χ1n) is 3.57. The first-order valence-corrected chi connectivity index (χ1v) is 3.57. The van der Waals surface area contributed by atoms with Gasteiger partial charge in [-0.2, -0.15) is 0 Å². The average Bonchev–Trinajstić information content (AvgIpc) is 2.57. The molecule has 0 aromatic heterocycles. The molecule has 3 aliphatic heterocycles. The molecule has 0 radical (unpaired) electrons. The maximum atomic E-state index is 4.26. The SMILES string of the molecule is C1=Cc2nc3c[nH]n(c-3n2)C=N1. The summed E-state index contributed by atoms with van der Waals surface area (Å²) in [6, 6.07) is 0. The molecule has 0 fully saturated rings. The molecule has 0 aromatic rings. The summed E-state index contributed by atoms with van der Waals surface area (Å²) in [4.78, 5) is 12.5. The Labute approximate surface area is 67.8 Å². The largest absolute Gasteiger partial charge is 0.296 e. The van der Waals surface area contributed by atoms with Gasteiger partial charge in [0, 0.05) is 18.5 Å². The van der Waals surface area contributed by atoms with Gasteiger partial charge in [-0.05, 0) is 0 Å². The second-order valence-corrected chi connectivity index (χ2v) is 2.51. The molecule has 1 N–H and O–H groups in total. The van der Waals surface area contributed by atoms with E-state index in [1.54, 1.807) is 29.5 Å². The molecule has 3 rings (SSSR count). The van der Waals surface area contributed by atoms with Crippen molar-refractivity contribution in [3.8, 4) is 11.5 Å². The second kappa shape index (κ2) is 1.82. The molecule has 5 nitrogen and oxygen atoms in total. The molecule has 0 aliphatic carbocycles. The highest BCUT2D eigenvalue weighted by molar-refractivity contribution is 5.70. The number of nitrogens with zero attached hydrogens (tertiary/aromatic N) is 4. The van der Waals surface area contributed by atoms with Gasteiger partial charge in [-0.15, -0.1) is 0 Å². The molecule has 3 heterocycles. The van der Waals surface area contributed by atoms with Gasteiger partial charge in [0.25, 0.3) is 0 Å². The second-order valence-electron chi connectivity index (χ2n) is 2.51. The normalized spacial score (nSPS) is 14.0. The number of rotatable bonds is 0. The van der Waals surface area contributed by atoms with Crippen LogP contribution < -0.4 is 0 Å². The van der Waals surface area contributed by atoms with E-state index < -0.39 is 0 Å². The van der Waals surface area contributed by atoms with Crippen molar-refractivity contribution >= 4 is 12.4 Å². The Morgan fingerprint density at radius 2 is 2.33 bits per heavy atom. The quantitative estimate of drug-likeness (QED) is 0.611. The topological polar surface area (TPSA) is 58.9 Å². The Kier molecular flexibility index (Phi) is 0.864. The Morgan fingerprint density at radius 3 is 3.33 bits per heavy atom. The van der Waals surface area contributed by atoms with Crippen molar-refractivity contribution in [1.29, 1.82) is 0 Å². The van der Waals surface area contributed by atoms with Crippen molar-refractivity contribution in [2.24, 2.45) is 4.99 Å². The minimum Gasteiger partial charge on any atom is -0.296 e. The van der Waals surface area contributed by atoms with E-state index in [9.17, 15) is 0 Å². The predicted molar refractivity (Wildman–Crippen MR) is 43.9 cm³/mol. The van der Waals surface area contributed by atoms with Crippen LogP contribution in [0.4, 0.5) is 0 Å². The van der Waals surface area contributed by atoms with E-state index in [0.29, 0.717) is 5.82 Å². The number of nitrogens with one attached hydrogen (secondary N) is 1. The van der Waals surface area contributed by atoms with Gasteiger partial charge in [-0.1, -0.05) is 0 Å². The Morgan fingerprint density at radius 1 is 1.33 bits per heavy atom. The van der Waals surface area contributed by atoms with E-state index in [1.165, 1.54) is 0 Å². The van der Waals surface area contributed by atoms with E-state index in [4.69, 9.17) is 0 Å². The molecule has 5 heteroatoms. The van der Waals surface area contributed by atoms with Crippen LogP contribution in [0, 0.1) is 0 Å². The zero-order valence-corrected chi connectivity index (χ0v) is 6.10. The number of hydrogen-bond donors (Lipinski definition) is 1. The van der Waals surface area contributed by atoms with Gasteiger partial charge in [0.15, 0.2) is 11.6 Å². The molecule has 0 spiro atoms. The lowest BCUT2D eigenvalue weighted by molar-refractivity contribution is 0.940. The van der Waals surface area contributed by atoms with Crippen molar-refractivity contribution in [1.82, 2.24) is 19.7 Å². The Bertz CT molecular complexity index is 447. The fourth-order valence-electron chi connectivity index (χ4n) is 1.21. The minimum atomic E-state index is 0.708. The molecule has 0 saturated heterocycles. The van der Waals surface area contributed by atoms with Gasteiger partial charge in [0.2, 0.25) is 0 Å². The van der Waals surface area contributed by atoms with Crippen molar-refractivity contribution in [2.45, 2.75) is 0 Å². The molecule has 2 bridgehead atoms. The summed E-state index contributed by atoms with van der Waals surface area (Å²) in [6.45, 7) is 0. The number of H-pyrrole nitrogens is 1. The standard InChI is InChI=1S/C7H5N5/c1-2-8-4-12-7-5(3-9-12)10-6(1)11-7/h1-4,9H. The van der Waals surface area contributed by atoms with E-state index in [0.717, 1.165) is 11.5 Å². The fraction of sp³-hybridized carbons (Fsp3) is 0. The highest BCUT2D eigenvalue weighted by atomic mass is 15.3. The van der Waals surface area contributed by atoms with Gasteiger partial charge in [0.1, 0.15) is 12.0 Å². The summed E-state index contributed by atoms with van der Waals surface area (Å²) in [7, 11) is 0. The van der Waals surface area contributed by atoms with E-state index in [-0.39, 0.29) is 0 Å². The highest BCUT2D eigenvalue weighted by Gasteiger charge is 2.14. The third-order valence-electron chi connectivity index (χ3n) is 1.74. The highest BCUT2D eigenvalue weighted by Crippen LogP contribution is 2.18. The molecule has 0 saturated carbocycles. The molecule has 0 aromatic carbocycles. The van der Waals surface area contributed by atoms with Crippen LogP contribution in [0.25, 0.3) is 17.6 Å². The molecule has 3 aliphatic rings. The maximum Gasteiger partial charge on any atom is 0.182 e. The number of aromatic nitrogens is 4. The lowest BCUT2D eigenvalue weighted by Crippen LogP contribution is -1.99. The van der Waals surface area contributed by atoms with Crippen LogP contribution in [0.5, 0.6) is 0 Å². The zero-order chi connectivity index (χ0) is 7.97. The van der Waals surface area contributed by atoms with E-state index in [1.807, 2.05) is 0 Å². The maximum absolute atomic E-state index is 4.26. The summed E-state index contributed by atoms with van der Waals surface area (Å²) in [5, 5.41) is 2.96. The van der Waals surface area contributed by atoms with Crippen molar-refractivity contribution in [3.63, 3.8) is 0 Å². The molecule has 12 heavy (non-hydrogen) atoms. The van der Waals surface area contributed by atoms with Crippen LogP contribution in [-0.2, 0) is 0 Å². The van der Waals surface area contributed by atoms with Crippen LogP contribution >= 0.6 is 0 Å². The summed E-state index contributed by atoms with van der Waals surface area (Å²) in [5.74, 6) is 1.53. The lowest BCUT2D eigenvalue weighted by atomic mass is 10.5. The van der Waals surface area contributed by atoms with Gasteiger partial charge >= 0.3 is 0 Å². The van der Waals surface area contributed by atoms with Crippen LogP contribution in [-0.4, -0.2) is 26.1 Å². The Balaban J connectivity index is 2.44. The summed E-state index contributed by atoms with van der Waals surface area (Å²) in [5.41, 5.74) is 0.864. The van der Waals surface area contributed by atoms with E-state index in [2.05, 4.69) is 20.1 Å². The number of imidazole rings is 1. The first kappa shape index (κ1) is 5.70. The molecular weight excluding hydrogens is 154 g/mol. The third kappa shape index (κ3) is 0.597. The first-order chi connectivity index (χ1) is 5.93. The van der Waals surface area contributed by atoms with Crippen molar-refractivity contribution in [3.05, 3.63) is 18.2 Å². The fourth-order valence-corrected chi connectivity index (χ4v) is 1.21. The molecule has 58 valence electrons.